The first kappa shape index (κ1) is 14.4. The Kier molecular flexibility index (Phi) is 5.31. The molecule has 4 nitrogen and oxygen atoms in total. The quantitative estimate of drug-likeness (QED) is 0.791. The van der Waals surface area contributed by atoms with Crippen LogP contribution in [0.15, 0.2) is 0 Å². The van der Waals surface area contributed by atoms with Gasteiger partial charge in [0.2, 0.25) is 5.91 Å². The van der Waals surface area contributed by atoms with E-state index in [1.54, 1.807) is 18.7 Å². The van der Waals surface area contributed by atoms with Crippen LogP contribution in [0, 0.1) is 5.41 Å². The highest BCUT2D eigenvalue weighted by Crippen LogP contribution is 2.26. The molecule has 0 saturated carbocycles. The number of aliphatic carboxylic acids is 1. The summed E-state index contributed by atoms with van der Waals surface area (Å²) in [5.74, 6) is 0.175. The molecular formula is C12H21NO3S. The molecule has 2 unspecified atom stereocenters. The second kappa shape index (κ2) is 6.28. The Hall–Kier alpha value is -0.710. The fourth-order valence-corrected chi connectivity index (χ4v) is 2.92. The molecule has 1 rings (SSSR count). The average Bonchev–Trinajstić information content (AvgIpc) is 2.36. The van der Waals surface area contributed by atoms with Gasteiger partial charge in [0.1, 0.15) is 0 Å². The molecule has 0 bridgehead atoms. The number of carboxylic acid groups (broad SMARTS) is 1. The van der Waals surface area contributed by atoms with Gasteiger partial charge in [0, 0.05) is 6.54 Å². The van der Waals surface area contributed by atoms with Gasteiger partial charge in [0.25, 0.3) is 0 Å². The van der Waals surface area contributed by atoms with Crippen LogP contribution in [0.1, 0.15) is 39.5 Å². The van der Waals surface area contributed by atoms with E-state index in [0.29, 0.717) is 6.42 Å². The Bertz CT molecular complexity index is 289. The van der Waals surface area contributed by atoms with Crippen LogP contribution in [0.5, 0.6) is 0 Å². The Labute approximate surface area is 107 Å². The molecule has 1 heterocycles. The molecular weight excluding hydrogens is 238 g/mol. The van der Waals surface area contributed by atoms with E-state index in [9.17, 15) is 9.59 Å². The van der Waals surface area contributed by atoms with Crippen molar-refractivity contribution in [1.29, 1.82) is 0 Å². The Balaban J connectivity index is 2.43. The van der Waals surface area contributed by atoms with E-state index in [4.69, 9.17) is 5.11 Å². The number of amides is 1. The van der Waals surface area contributed by atoms with Crippen molar-refractivity contribution in [3.05, 3.63) is 0 Å². The maximum atomic E-state index is 11.9. The van der Waals surface area contributed by atoms with Gasteiger partial charge in [-0.1, -0.05) is 13.3 Å². The lowest BCUT2D eigenvalue weighted by Crippen LogP contribution is -2.43. The van der Waals surface area contributed by atoms with E-state index in [2.05, 4.69) is 5.32 Å². The predicted molar refractivity (Wildman–Crippen MR) is 69.1 cm³/mol. The molecule has 0 spiro atoms. The average molecular weight is 259 g/mol. The van der Waals surface area contributed by atoms with E-state index in [0.717, 1.165) is 18.6 Å². The van der Waals surface area contributed by atoms with Crippen molar-refractivity contribution in [3.8, 4) is 0 Å². The zero-order chi connectivity index (χ0) is 12.9. The zero-order valence-electron chi connectivity index (χ0n) is 10.5. The van der Waals surface area contributed by atoms with Crippen molar-refractivity contribution in [2.75, 3.05) is 12.3 Å². The first-order valence-corrected chi connectivity index (χ1v) is 7.17. The predicted octanol–water partition coefficient (Wildman–Crippen LogP) is 1.89. The number of carbonyl (C=O) groups excluding carboxylic acids is 1. The molecule has 0 aliphatic carbocycles. The lowest BCUT2D eigenvalue weighted by molar-refractivity contribution is -0.148. The van der Waals surface area contributed by atoms with Crippen LogP contribution in [0.4, 0.5) is 0 Å². The van der Waals surface area contributed by atoms with Gasteiger partial charge in [-0.2, -0.15) is 0 Å². The molecule has 17 heavy (non-hydrogen) atoms. The summed E-state index contributed by atoms with van der Waals surface area (Å²) in [6, 6.07) is 0. The normalized spacial score (nSPS) is 23.8. The summed E-state index contributed by atoms with van der Waals surface area (Å²) in [6.07, 6.45) is 3.69. The van der Waals surface area contributed by atoms with Gasteiger partial charge in [0.15, 0.2) is 0 Å². The first-order valence-electron chi connectivity index (χ1n) is 6.12. The van der Waals surface area contributed by atoms with Crippen LogP contribution in [-0.2, 0) is 9.59 Å². The molecule has 98 valence electrons. The lowest BCUT2D eigenvalue weighted by atomic mass is 9.87. The molecule has 0 aromatic carbocycles. The van der Waals surface area contributed by atoms with Crippen molar-refractivity contribution in [1.82, 2.24) is 5.32 Å². The summed E-state index contributed by atoms with van der Waals surface area (Å²) in [5.41, 5.74) is -0.852. The summed E-state index contributed by atoms with van der Waals surface area (Å²) < 4.78 is 0. The molecule has 1 saturated heterocycles. The van der Waals surface area contributed by atoms with Crippen LogP contribution < -0.4 is 5.32 Å². The third-order valence-corrected chi connectivity index (χ3v) is 4.80. The molecule has 1 amide bonds. The molecule has 0 aromatic heterocycles. The molecule has 1 aliphatic heterocycles. The number of hydrogen-bond donors (Lipinski definition) is 2. The van der Waals surface area contributed by atoms with Crippen LogP contribution in [0.3, 0.4) is 0 Å². The van der Waals surface area contributed by atoms with E-state index in [1.165, 1.54) is 6.42 Å². The Morgan fingerprint density at radius 2 is 2.18 bits per heavy atom. The summed E-state index contributed by atoms with van der Waals surface area (Å²) in [4.78, 5) is 22.9. The maximum Gasteiger partial charge on any atom is 0.311 e. The van der Waals surface area contributed by atoms with E-state index < -0.39 is 11.4 Å². The number of carboxylic acids is 1. The molecule has 2 N–H and O–H groups in total. The summed E-state index contributed by atoms with van der Waals surface area (Å²) in [7, 11) is 0. The molecule has 2 atom stereocenters. The van der Waals surface area contributed by atoms with E-state index in [-0.39, 0.29) is 17.7 Å². The van der Waals surface area contributed by atoms with Gasteiger partial charge in [-0.15, -0.1) is 11.8 Å². The largest absolute Gasteiger partial charge is 0.481 e. The highest BCUT2D eigenvalue weighted by molar-refractivity contribution is 8.00. The highest BCUT2D eigenvalue weighted by Gasteiger charge is 2.32. The fourth-order valence-electron chi connectivity index (χ4n) is 1.70. The maximum absolute atomic E-state index is 11.9. The third-order valence-electron chi connectivity index (χ3n) is 3.42. The van der Waals surface area contributed by atoms with E-state index >= 15 is 0 Å². The SMILES string of the molecule is CCC(C)(CNC(=O)C1CCCCS1)C(=O)O. The Morgan fingerprint density at radius 1 is 1.47 bits per heavy atom. The molecule has 1 fully saturated rings. The summed E-state index contributed by atoms with van der Waals surface area (Å²) in [6.45, 7) is 3.72. The minimum atomic E-state index is -0.852. The fraction of sp³-hybridized carbons (Fsp3) is 0.833. The van der Waals surface area contributed by atoms with Gasteiger partial charge in [-0.25, -0.2) is 0 Å². The standard InChI is InChI=1S/C12H21NO3S/c1-3-12(2,11(15)16)8-13-10(14)9-6-4-5-7-17-9/h9H,3-8H2,1-2H3,(H,13,14)(H,15,16). The van der Waals surface area contributed by atoms with Crippen LogP contribution >= 0.6 is 11.8 Å². The minimum absolute atomic E-state index is 0.00405. The minimum Gasteiger partial charge on any atom is -0.481 e. The van der Waals surface area contributed by atoms with Gasteiger partial charge >= 0.3 is 5.97 Å². The number of rotatable bonds is 5. The Morgan fingerprint density at radius 3 is 2.65 bits per heavy atom. The molecule has 1 aliphatic rings. The smallest absolute Gasteiger partial charge is 0.311 e. The number of hydrogen-bond acceptors (Lipinski definition) is 3. The molecule has 0 aromatic rings. The highest BCUT2D eigenvalue weighted by atomic mass is 32.2. The van der Waals surface area contributed by atoms with Crippen molar-refractivity contribution >= 4 is 23.6 Å². The zero-order valence-corrected chi connectivity index (χ0v) is 11.3. The van der Waals surface area contributed by atoms with Gasteiger partial charge in [-0.05, 0) is 31.9 Å². The monoisotopic (exact) mass is 259 g/mol. The molecule has 0 radical (unpaired) electrons. The lowest BCUT2D eigenvalue weighted by Gasteiger charge is -2.26. The number of nitrogens with one attached hydrogen (secondary N) is 1. The number of carbonyl (C=O) groups is 2. The van der Waals surface area contributed by atoms with Gasteiger partial charge in [-0.3, -0.25) is 9.59 Å². The number of thioether (sulfide) groups is 1. The van der Waals surface area contributed by atoms with Gasteiger partial charge in [0.05, 0.1) is 10.7 Å². The van der Waals surface area contributed by atoms with Crippen molar-refractivity contribution in [2.24, 2.45) is 5.41 Å². The third kappa shape index (κ3) is 3.91. The first-order chi connectivity index (χ1) is 7.99. The second-order valence-electron chi connectivity index (χ2n) is 4.79. The van der Waals surface area contributed by atoms with Crippen LogP contribution in [0.2, 0.25) is 0 Å². The van der Waals surface area contributed by atoms with E-state index in [1.807, 2.05) is 6.92 Å². The van der Waals surface area contributed by atoms with Crippen molar-refractivity contribution < 1.29 is 14.7 Å². The van der Waals surface area contributed by atoms with Crippen molar-refractivity contribution in [2.45, 2.75) is 44.8 Å². The summed E-state index contributed by atoms with van der Waals surface area (Å²) >= 11 is 1.68. The molecule has 5 heteroatoms. The van der Waals surface area contributed by atoms with Crippen LogP contribution in [-0.4, -0.2) is 34.5 Å². The second-order valence-corrected chi connectivity index (χ2v) is 6.10. The topological polar surface area (TPSA) is 66.4 Å². The van der Waals surface area contributed by atoms with Crippen LogP contribution in [0.25, 0.3) is 0 Å². The van der Waals surface area contributed by atoms with Crippen molar-refractivity contribution in [3.63, 3.8) is 0 Å². The van der Waals surface area contributed by atoms with Gasteiger partial charge < -0.3 is 10.4 Å². The summed E-state index contributed by atoms with van der Waals surface area (Å²) in [5, 5.41) is 11.9.